The zero-order valence-electron chi connectivity index (χ0n) is 20.3. The largest absolute Gasteiger partial charge is 0.506 e. The normalized spacial score (nSPS) is 17.3. The number of rotatable bonds is 3. The number of aromatic nitrogens is 1. The molecule has 2 heterocycles. The van der Waals surface area contributed by atoms with Crippen LogP contribution in [0.4, 0.5) is 18.9 Å². The van der Waals surface area contributed by atoms with Gasteiger partial charge in [-0.15, -0.1) is 0 Å². The number of nitriles is 2. The third-order valence-electron chi connectivity index (χ3n) is 6.94. The monoisotopic (exact) mass is 513 g/mol. The van der Waals surface area contributed by atoms with Crippen LogP contribution < -0.4 is 10.6 Å². The molecule has 5 rings (SSSR count). The summed E-state index contributed by atoms with van der Waals surface area (Å²) in [4.78, 5) is 6.51. The molecule has 1 aliphatic heterocycles. The van der Waals surface area contributed by atoms with Gasteiger partial charge in [-0.2, -0.15) is 10.5 Å². The standard InChI is InChI=1S/C29H22F3N5O/c1-15-6-17(8-20(30)7-15)22-13-36-25-3-2-16(26-27(32)23(31)10-18(11-33)29(26)38)9-21(25)28(22)37-5-4-24(35)19(12-34)14-37/h2-3,6-10,13,19,24,38H,4-5,14,35H2,1H3/t19-,24-/m1/s1. The van der Waals surface area contributed by atoms with Crippen molar-refractivity contribution in [1.82, 2.24) is 4.98 Å². The number of phenols is 1. The van der Waals surface area contributed by atoms with Crippen molar-refractivity contribution in [3.8, 4) is 40.1 Å². The number of anilines is 1. The van der Waals surface area contributed by atoms with E-state index in [1.54, 1.807) is 31.3 Å². The summed E-state index contributed by atoms with van der Waals surface area (Å²) >= 11 is 0. The van der Waals surface area contributed by atoms with Gasteiger partial charge in [0, 0.05) is 36.3 Å². The Hall–Kier alpha value is -4.60. The van der Waals surface area contributed by atoms with Crippen molar-refractivity contribution in [2.75, 3.05) is 18.0 Å². The van der Waals surface area contributed by atoms with Crippen LogP contribution in [0.5, 0.6) is 5.75 Å². The van der Waals surface area contributed by atoms with Gasteiger partial charge in [0.15, 0.2) is 11.6 Å². The molecule has 0 radical (unpaired) electrons. The van der Waals surface area contributed by atoms with Crippen LogP contribution in [-0.4, -0.2) is 29.2 Å². The number of phenolic OH excluding ortho intramolecular Hbond substituents is 1. The van der Waals surface area contributed by atoms with Crippen molar-refractivity contribution in [2.24, 2.45) is 11.7 Å². The Bertz CT molecular complexity index is 1650. The van der Waals surface area contributed by atoms with E-state index in [4.69, 9.17) is 5.73 Å². The van der Waals surface area contributed by atoms with Gasteiger partial charge in [-0.25, -0.2) is 13.2 Å². The number of fused-ring (bicyclic) bond motifs is 1. The fraction of sp³-hybridized carbons (Fsp3) is 0.207. The molecular weight excluding hydrogens is 491 g/mol. The third-order valence-corrected chi connectivity index (χ3v) is 6.94. The van der Waals surface area contributed by atoms with Gasteiger partial charge in [0.2, 0.25) is 0 Å². The highest BCUT2D eigenvalue weighted by Gasteiger charge is 2.30. The maximum absolute atomic E-state index is 14.9. The second-order valence-electron chi connectivity index (χ2n) is 9.46. The molecule has 38 heavy (non-hydrogen) atoms. The van der Waals surface area contributed by atoms with E-state index in [9.17, 15) is 28.8 Å². The molecule has 190 valence electrons. The van der Waals surface area contributed by atoms with E-state index in [1.165, 1.54) is 18.2 Å². The highest BCUT2D eigenvalue weighted by atomic mass is 19.2. The summed E-state index contributed by atoms with van der Waals surface area (Å²) in [7, 11) is 0. The van der Waals surface area contributed by atoms with E-state index in [1.807, 2.05) is 11.0 Å². The molecular formula is C29H22F3N5O. The minimum absolute atomic E-state index is 0.129. The molecule has 6 nitrogen and oxygen atoms in total. The lowest BCUT2D eigenvalue weighted by molar-refractivity contribution is 0.425. The maximum Gasteiger partial charge on any atom is 0.170 e. The molecule has 0 aliphatic carbocycles. The number of nitrogens with zero attached hydrogens (tertiary/aromatic N) is 4. The summed E-state index contributed by atoms with van der Waals surface area (Å²) in [6.07, 6.45) is 2.16. The fourth-order valence-corrected chi connectivity index (χ4v) is 5.05. The zero-order chi connectivity index (χ0) is 27.1. The molecule has 1 aliphatic rings. The minimum atomic E-state index is -1.29. The predicted molar refractivity (Wildman–Crippen MR) is 138 cm³/mol. The van der Waals surface area contributed by atoms with Crippen molar-refractivity contribution in [3.63, 3.8) is 0 Å². The number of halogens is 3. The van der Waals surface area contributed by atoms with E-state index in [2.05, 4.69) is 11.1 Å². The summed E-state index contributed by atoms with van der Waals surface area (Å²) in [5, 5.41) is 30.1. The summed E-state index contributed by atoms with van der Waals surface area (Å²) in [6, 6.07) is 13.5. The minimum Gasteiger partial charge on any atom is -0.506 e. The molecule has 0 spiro atoms. The molecule has 3 N–H and O–H groups in total. The number of aromatic hydroxyl groups is 1. The number of hydrogen-bond donors (Lipinski definition) is 2. The summed E-state index contributed by atoms with van der Waals surface area (Å²) in [5.74, 6) is -4.11. The van der Waals surface area contributed by atoms with Gasteiger partial charge in [0.05, 0.1) is 34.3 Å². The Morgan fingerprint density at radius 3 is 2.58 bits per heavy atom. The van der Waals surface area contributed by atoms with Gasteiger partial charge in [-0.3, -0.25) is 4.98 Å². The van der Waals surface area contributed by atoms with Gasteiger partial charge in [0.1, 0.15) is 17.6 Å². The zero-order valence-corrected chi connectivity index (χ0v) is 20.3. The average Bonchev–Trinajstić information content (AvgIpc) is 2.90. The van der Waals surface area contributed by atoms with Crippen LogP contribution in [0.1, 0.15) is 17.5 Å². The van der Waals surface area contributed by atoms with Crippen molar-refractivity contribution in [1.29, 1.82) is 10.5 Å². The van der Waals surface area contributed by atoms with Crippen molar-refractivity contribution in [2.45, 2.75) is 19.4 Å². The molecule has 2 atom stereocenters. The second kappa shape index (κ2) is 9.70. The Kier molecular flexibility index (Phi) is 6.40. The van der Waals surface area contributed by atoms with Gasteiger partial charge < -0.3 is 15.7 Å². The van der Waals surface area contributed by atoms with Gasteiger partial charge >= 0.3 is 0 Å². The first kappa shape index (κ1) is 25.1. The lowest BCUT2D eigenvalue weighted by Gasteiger charge is -2.37. The summed E-state index contributed by atoms with van der Waals surface area (Å²) in [5.41, 5.74) is 8.44. The molecule has 9 heteroatoms. The molecule has 0 bridgehead atoms. The molecule has 0 saturated carbocycles. The lowest BCUT2D eigenvalue weighted by Crippen LogP contribution is -2.46. The van der Waals surface area contributed by atoms with E-state index >= 15 is 0 Å². The number of hydrogen-bond acceptors (Lipinski definition) is 6. The van der Waals surface area contributed by atoms with Gasteiger partial charge in [-0.1, -0.05) is 12.1 Å². The molecule has 1 saturated heterocycles. The number of pyridine rings is 1. The number of piperidine rings is 1. The number of nitrogens with two attached hydrogens (primary N) is 1. The Labute approximate surface area is 217 Å². The van der Waals surface area contributed by atoms with Crippen LogP contribution in [0.15, 0.2) is 48.7 Å². The first-order valence-electron chi connectivity index (χ1n) is 11.9. The third kappa shape index (κ3) is 4.27. The molecule has 4 aromatic rings. The highest BCUT2D eigenvalue weighted by molar-refractivity contribution is 6.02. The van der Waals surface area contributed by atoms with Crippen LogP contribution >= 0.6 is 0 Å². The van der Waals surface area contributed by atoms with Crippen molar-refractivity contribution >= 4 is 16.6 Å². The van der Waals surface area contributed by atoms with E-state index in [0.29, 0.717) is 58.9 Å². The molecule has 0 amide bonds. The van der Waals surface area contributed by atoms with E-state index < -0.39 is 40.2 Å². The van der Waals surface area contributed by atoms with Crippen LogP contribution in [0, 0.1) is 53.0 Å². The van der Waals surface area contributed by atoms with Crippen LogP contribution in [-0.2, 0) is 0 Å². The lowest BCUT2D eigenvalue weighted by atomic mass is 9.91. The second-order valence-corrected chi connectivity index (χ2v) is 9.46. The first-order chi connectivity index (χ1) is 18.2. The van der Waals surface area contributed by atoms with Crippen LogP contribution in [0.3, 0.4) is 0 Å². The number of benzene rings is 3. The predicted octanol–water partition coefficient (Wildman–Crippen LogP) is 5.55. The molecule has 1 aromatic heterocycles. The number of aryl methyl sites for hydroxylation is 1. The van der Waals surface area contributed by atoms with E-state index in [0.717, 1.165) is 0 Å². The summed E-state index contributed by atoms with van der Waals surface area (Å²) in [6.45, 7) is 2.58. The first-order valence-corrected chi connectivity index (χ1v) is 11.9. The van der Waals surface area contributed by atoms with E-state index in [-0.39, 0.29) is 11.6 Å². The van der Waals surface area contributed by atoms with Crippen LogP contribution in [0.2, 0.25) is 0 Å². The highest BCUT2D eigenvalue weighted by Crippen LogP contribution is 2.42. The summed E-state index contributed by atoms with van der Waals surface area (Å²) < 4.78 is 43.7. The average molecular weight is 514 g/mol. The fourth-order valence-electron chi connectivity index (χ4n) is 5.05. The Morgan fingerprint density at radius 2 is 1.87 bits per heavy atom. The van der Waals surface area contributed by atoms with Gasteiger partial charge in [-0.05, 0) is 60.4 Å². The molecule has 3 aromatic carbocycles. The molecule has 0 unspecified atom stereocenters. The smallest absolute Gasteiger partial charge is 0.170 e. The maximum atomic E-state index is 14.9. The van der Waals surface area contributed by atoms with Gasteiger partial charge in [0.25, 0.3) is 0 Å². The van der Waals surface area contributed by atoms with Crippen LogP contribution in [0.25, 0.3) is 33.2 Å². The topological polar surface area (TPSA) is 110 Å². The Balaban J connectivity index is 1.81. The van der Waals surface area contributed by atoms with Crippen molar-refractivity contribution < 1.29 is 18.3 Å². The Morgan fingerprint density at radius 1 is 1.08 bits per heavy atom. The van der Waals surface area contributed by atoms with Crippen molar-refractivity contribution in [3.05, 3.63) is 77.2 Å². The SMILES string of the molecule is Cc1cc(F)cc(-c2cnc3ccc(-c4c(O)c(C#N)cc(F)c4F)cc3c2N2CC[C@@H](N)[C@H](C#N)C2)c1. The quantitative estimate of drug-likeness (QED) is 0.372. The molecule has 1 fully saturated rings.